The van der Waals surface area contributed by atoms with Crippen LogP contribution >= 0.6 is 0 Å². The molecule has 0 aliphatic heterocycles. The average Bonchev–Trinajstić information content (AvgIpc) is 2.23. The maximum Gasteiger partial charge on any atom is 0.328 e. The van der Waals surface area contributed by atoms with Gasteiger partial charge >= 0.3 is 12.0 Å². The number of aliphatic hydroxyl groups is 1. The maximum atomic E-state index is 11.8. The molecule has 6 nitrogen and oxygen atoms in total. The summed E-state index contributed by atoms with van der Waals surface area (Å²) < 4.78 is 0. The lowest BCUT2D eigenvalue weighted by Crippen LogP contribution is -2.55. The monoisotopic (exact) mass is 246 g/mol. The van der Waals surface area contributed by atoms with Crippen molar-refractivity contribution in [3.63, 3.8) is 0 Å². The predicted molar refractivity (Wildman–Crippen MR) is 63.8 cm³/mol. The normalized spacial score (nSPS) is 14.9. The summed E-state index contributed by atoms with van der Waals surface area (Å²) in [5, 5.41) is 20.4. The number of aliphatic carboxylic acids is 1. The third kappa shape index (κ3) is 4.22. The number of carbonyl (C=O) groups excluding carboxylic acids is 1. The van der Waals surface area contributed by atoms with E-state index < -0.39 is 24.1 Å². The second-order valence-corrected chi connectivity index (χ2v) is 4.73. The Morgan fingerprint density at radius 1 is 1.41 bits per heavy atom. The Hall–Kier alpha value is -1.30. The quantitative estimate of drug-likeness (QED) is 0.664. The van der Waals surface area contributed by atoms with Crippen molar-refractivity contribution < 1.29 is 19.8 Å². The number of hydrogen-bond acceptors (Lipinski definition) is 3. The first-order valence-corrected chi connectivity index (χ1v) is 5.58. The maximum absolute atomic E-state index is 11.8. The molecule has 0 bridgehead atoms. The van der Waals surface area contributed by atoms with Gasteiger partial charge < -0.3 is 20.4 Å². The second-order valence-electron chi connectivity index (χ2n) is 4.73. The van der Waals surface area contributed by atoms with Crippen LogP contribution in [0.3, 0.4) is 0 Å². The second kappa shape index (κ2) is 5.86. The van der Waals surface area contributed by atoms with E-state index in [0.29, 0.717) is 0 Å². The summed E-state index contributed by atoms with van der Waals surface area (Å²) in [4.78, 5) is 24.1. The van der Waals surface area contributed by atoms with Gasteiger partial charge in [-0.15, -0.1) is 0 Å². The third-order valence-corrected chi connectivity index (χ3v) is 3.11. The van der Waals surface area contributed by atoms with Gasteiger partial charge in [0.15, 0.2) is 6.04 Å². The van der Waals surface area contributed by atoms with E-state index in [4.69, 9.17) is 5.11 Å². The van der Waals surface area contributed by atoms with Gasteiger partial charge in [0.25, 0.3) is 0 Å². The molecule has 6 heteroatoms. The molecule has 17 heavy (non-hydrogen) atoms. The lowest BCUT2D eigenvalue weighted by Gasteiger charge is -2.35. The standard InChI is InChI=1S/C11H22N2O4/c1-6-11(3,4)13(5)10(17)12-8(7(2)14)9(15)16/h7-8,14H,6H2,1-5H3,(H,12,17)(H,15,16)/t7-,8+/m1/s1. The van der Waals surface area contributed by atoms with E-state index in [-0.39, 0.29) is 5.54 Å². The first kappa shape index (κ1) is 15.7. The Morgan fingerprint density at radius 2 is 1.88 bits per heavy atom. The summed E-state index contributed by atoms with van der Waals surface area (Å²) >= 11 is 0. The molecular weight excluding hydrogens is 224 g/mol. The molecule has 0 saturated heterocycles. The highest BCUT2D eigenvalue weighted by atomic mass is 16.4. The van der Waals surface area contributed by atoms with E-state index in [2.05, 4.69) is 5.32 Å². The summed E-state index contributed by atoms with van der Waals surface area (Å²) in [5.74, 6) is -1.25. The minimum absolute atomic E-state index is 0.369. The fraction of sp³-hybridized carbons (Fsp3) is 0.818. The van der Waals surface area contributed by atoms with E-state index in [0.717, 1.165) is 6.42 Å². The molecule has 0 radical (unpaired) electrons. The summed E-state index contributed by atoms with van der Waals surface area (Å²) in [6, 6.07) is -1.80. The van der Waals surface area contributed by atoms with E-state index in [9.17, 15) is 14.7 Å². The highest BCUT2D eigenvalue weighted by Crippen LogP contribution is 2.16. The van der Waals surface area contributed by atoms with Crippen LogP contribution in [0.1, 0.15) is 34.1 Å². The fourth-order valence-corrected chi connectivity index (χ4v) is 1.13. The molecule has 0 aliphatic rings. The highest BCUT2D eigenvalue weighted by Gasteiger charge is 2.30. The molecular formula is C11H22N2O4. The lowest BCUT2D eigenvalue weighted by atomic mass is 10.0. The molecule has 0 aliphatic carbocycles. The SMILES string of the molecule is CCC(C)(C)N(C)C(=O)N[C@H](C(=O)O)[C@@H](C)O. The molecule has 0 fully saturated rings. The summed E-state index contributed by atoms with van der Waals surface area (Å²) in [6.45, 7) is 7.02. The van der Waals surface area contributed by atoms with Crippen molar-refractivity contribution in [3.8, 4) is 0 Å². The highest BCUT2D eigenvalue weighted by molar-refractivity contribution is 5.83. The van der Waals surface area contributed by atoms with E-state index in [1.165, 1.54) is 11.8 Å². The van der Waals surface area contributed by atoms with Gasteiger partial charge in [0.2, 0.25) is 0 Å². The molecule has 0 spiro atoms. The van der Waals surface area contributed by atoms with Crippen LogP contribution in [0.5, 0.6) is 0 Å². The number of carboxylic acid groups (broad SMARTS) is 1. The topological polar surface area (TPSA) is 89.9 Å². The van der Waals surface area contributed by atoms with Gasteiger partial charge in [-0.1, -0.05) is 6.92 Å². The van der Waals surface area contributed by atoms with Crippen LogP contribution in [-0.4, -0.2) is 51.8 Å². The van der Waals surface area contributed by atoms with Crippen LogP contribution in [0.2, 0.25) is 0 Å². The van der Waals surface area contributed by atoms with Crippen molar-refractivity contribution >= 4 is 12.0 Å². The minimum Gasteiger partial charge on any atom is -0.480 e. The zero-order valence-corrected chi connectivity index (χ0v) is 11.0. The van der Waals surface area contributed by atoms with Crippen LogP contribution in [0.4, 0.5) is 4.79 Å². The molecule has 0 unspecified atom stereocenters. The van der Waals surface area contributed by atoms with Crippen molar-refractivity contribution in [1.82, 2.24) is 10.2 Å². The van der Waals surface area contributed by atoms with Crippen molar-refractivity contribution in [2.45, 2.75) is 51.8 Å². The van der Waals surface area contributed by atoms with Crippen LogP contribution in [0.15, 0.2) is 0 Å². The number of hydrogen-bond donors (Lipinski definition) is 3. The smallest absolute Gasteiger partial charge is 0.328 e. The zero-order chi connectivity index (χ0) is 13.8. The summed E-state index contributed by atoms with van der Waals surface area (Å²) in [7, 11) is 1.60. The van der Waals surface area contributed by atoms with Gasteiger partial charge in [0, 0.05) is 12.6 Å². The Bertz CT molecular complexity index is 289. The molecule has 100 valence electrons. The summed E-state index contributed by atoms with van der Waals surface area (Å²) in [5.41, 5.74) is -0.369. The first-order chi connectivity index (χ1) is 7.63. The lowest BCUT2D eigenvalue weighted by molar-refractivity contribution is -0.141. The van der Waals surface area contributed by atoms with Crippen LogP contribution in [0.25, 0.3) is 0 Å². The molecule has 3 N–H and O–H groups in total. The van der Waals surface area contributed by atoms with Gasteiger partial charge in [-0.2, -0.15) is 0 Å². The number of nitrogens with one attached hydrogen (secondary N) is 1. The zero-order valence-electron chi connectivity index (χ0n) is 11.0. The molecule has 0 aromatic heterocycles. The number of amides is 2. The number of carbonyl (C=O) groups is 2. The van der Waals surface area contributed by atoms with E-state index in [1.54, 1.807) is 7.05 Å². The van der Waals surface area contributed by atoms with E-state index in [1.807, 2.05) is 20.8 Å². The molecule has 0 saturated carbocycles. The van der Waals surface area contributed by atoms with Crippen molar-refractivity contribution in [2.75, 3.05) is 7.05 Å². The van der Waals surface area contributed by atoms with Crippen molar-refractivity contribution in [1.29, 1.82) is 0 Å². The van der Waals surface area contributed by atoms with Gasteiger partial charge in [0.05, 0.1) is 6.10 Å². The number of aliphatic hydroxyl groups excluding tert-OH is 1. The Morgan fingerprint density at radius 3 is 2.18 bits per heavy atom. The number of nitrogens with zero attached hydrogens (tertiary/aromatic N) is 1. The average molecular weight is 246 g/mol. The Labute approximate surface area is 102 Å². The van der Waals surface area contributed by atoms with E-state index >= 15 is 0 Å². The van der Waals surface area contributed by atoms with Crippen LogP contribution in [0, 0.1) is 0 Å². The summed E-state index contributed by atoms with van der Waals surface area (Å²) in [6.07, 6.45) is -0.404. The molecule has 2 amide bonds. The van der Waals surface area contributed by atoms with Crippen molar-refractivity contribution in [3.05, 3.63) is 0 Å². The third-order valence-electron chi connectivity index (χ3n) is 3.11. The van der Waals surface area contributed by atoms with Crippen molar-refractivity contribution in [2.24, 2.45) is 0 Å². The molecule has 2 atom stereocenters. The fourth-order valence-electron chi connectivity index (χ4n) is 1.13. The predicted octanol–water partition coefficient (Wildman–Crippen LogP) is 0.650. The Balaban J connectivity index is 4.68. The van der Waals surface area contributed by atoms with Gasteiger partial charge in [-0.05, 0) is 27.2 Å². The molecule has 0 aromatic rings. The molecule has 0 aromatic carbocycles. The van der Waals surface area contributed by atoms with Gasteiger partial charge in [-0.3, -0.25) is 0 Å². The van der Waals surface area contributed by atoms with Gasteiger partial charge in [-0.25, -0.2) is 9.59 Å². The van der Waals surface area contributed by atoms with Gasteiger partial charge in [0.1, 0.15) is 0 Å². The first-order valence-electron chi connectivity index (χ1n) is 5.58. The number of carboxylic acids is 1. The number of urea groups is 1. The Kier molecular flexibility index (Phi) is 5.41. The van der Waals surface area contributed by atoms with Crippen LogP contribution < -0.4 is 5.32 Å². The molecule has 0 heterocycles. The largest absolute Gasteiger partial charge is 0.480 e. The minimum atomic E-state index is -1.29. The number of rotatable bonds is 5. The molecule has 0 rings (SSSR count). The van der Waals surface area contributed by atoms with Crippen LogP contribution in [-0.2, 0) is 4.79 Å².